The summed E-state index contributed by atoms with van der Waals surface area (Å²) < 4.78 is -1.19. The molecule has 1 aliphatic rings. The van der Waals surface area contributed by atoms with Crippen molar-refractivity contribution in [3.63, 3.8) is 0 Å². The molecule has 8 atom stereocenters. The van der Waals surface area contributed by atoms with Gasteiger partial charge >= 0.3 is 29.8 Å². The molecule has 0 radical (unpaired) electrons. The molecule has 67 heavy (non-hydrogen) atoms. The molecule has 0 aliphatic carbocycles. The van der Waals surface area contributed by atoms with Crippen LogP contribution >= 0.6 is 11.8 Å². The molecule has 0 saturated carbocycles. The zero-order valence-electron chi connectivity index (χ0n) is 37.3. The maximum atomic E-state index is 14.1. The molecule has 26 heteroatoms. The number of aliphatic carboxylic acids is 5. The van der Waals surface area contributed by atoms with Crippen molar-refractivity contribution in [2.24, 2.45) is 11.7 Å². The number of hydrogen-bond acceptors (Lipinski definition) is 14. The number of carbonyl (C=O) groups excluding carboxylic acids is 7. The molecule has 2 rings (SSSR count). The topological polar surface area (TPSA) is 407 Å². The fourth-order valence-corrected chi connectivity index (χ4v) is 7.76. The fourth-order valence-electron chi connectivity index (χ4n) is 6.62. The second-order valence-corrected chi connectivity index (χ2v) is 18.1. The highest BCUT2D eigenvalue weighted by atomic mass is 32.2. The van der Waals surface area contributed by atoms with E-state index < -0.39 is 162 Å². The van der Waals surface area contributed by atoms with Gasteiger partial charge < -0.3 is 68.1 Å². The van der Waals surface area contributed by atoms with Gasteiger partial charge in [-0.05, 0) is 45.1 Å². The average Bonchev–Trinajstić information content (AvgIpc) is 3.55. The molecule has 7 amide bonds. The smallest absolute Gasteiger partial charge is 0.326 e. The van der Waals surface area contributed by atoms with E-state index in [1.54, 1.807) is 30.3 Å². The highest BCUT2D eigenvalue weighted by Gasteiger charge is 2.50. The summed E-state index contributed by atoms with van der Waals surface area (Å²) in [5.41, 5.74) is 6.32. The van der Waals surface area contributed by atoms with Crippen LogP contribution < -0.4 is 37.6 Å². The third-order valence-corrected chi connectivity index (χ3v) is 11.6. The van der Waals surface area contributed by atoms with Crippen LogP contribution in [0.15, 0.2) is 30.3 Å². The Kier molecular flexibility index (Phi) is 21.6. The number of nitrogens with one attached hydrogen (secondary N) is 6. The van der Waals surface area contributed by atoms with Crippen LogP contribution in [0.5, 0.6) is 0 Å². The van der Waals surface area contributed by atoms with E-state index in [2.05, 4.69) is 31.9 Å². The number of amides is 7. The number of benzene rings is 1. The molecule has 1 saturated heterocycles. The van der Waals surface area contributed by atoms with Gasteiger partial charge in [-0.25, -0.2) is 4.79 Å². The molecular formula is C41H58N8O17S. The maximum Gasteiger partial charge on any atom is 0.326 e. The van der Waals surface area contributed by atoms with E-state index >= 15 is 0 Å². The number of rotatable bonds is 27. The van der Waals surface area contributed by atoms with E-state index in [1.807, 2.05) is 0 Å². The van der Waals surface area contributed by atoms with Crippen LogP contribution in [0.4, 0.5) is 0 Å². The minimum atomic E-state index is -1.93. The number of thioether (sulfide) groups is 1. The van der Waals surface area contributed by atoms with Gasteiger partial charge in [-0.15, -0.1) is 11.8 Å². The van der Waals surface area contributed by atoms with Gasteiger partial charge in [0.25, 0.3) is 0 Å². The van der Waals surface area contributed by atoms with E-state index in [1.165, 1.54) is 27.7 Å². The van der Waals surface area contributed by atoms with Crippen molar-refractivity contribution in [3.8, 4) is 0 Å². The summed E-state index contributed by atoms with van der Waals surface area (Å²) in [6.45, 7) is 7.19. The van der Waals surface area contributed by atoms with Crippen molar-refractivity contribution in [3.05, 3.63) is 35.9 Å². The summed E-state index contributed by atoms with van der Waals surface area (Å²) >= 11 is 1.04. The van der Waals surface area contributed by atoms with Gasteiger partial charge in [-0.3, -0.25) is 52.7 Å². The lowest BCUT2D eigenvalue weighted by Gasteiger charge is -2.34. The number of hydrogen-bond donors (Lipinski definition) is 12. The molecule has 0 spiro atoms. The number of carboxylic acids is 5. The van der Waals surface area contributed by atoms with Crippen molar-refractivity contribution < 1.29 is 83.1 Å². The van der Waals surface area contributed by atoms with Gasteiger partial charge in [0.2, 0.25) is 41.4 Å². The average molecular weight is 967 g/mol. The molecule has 1 aromatic carbocycles. The van der Waals surface area contributed by atoms with Crippen molar-refractivity contribution in [2.75, 3.05) is 5.88 Å². The van der Waals surface area contributed by atoms with Crippen LogP contribution in [0.1, 0.15) is 78.7 Å². The quantitative estimate of drug-likeness (QED) is 0.0437. The Morgan fingerprint density at radius 2 is 1.16 bits per heavy atom. The largest absolute Gasteiger partial charge is 0.481 e. The van der Waals surface area contributed by atoms with Crippen LogP contribution in [0.25, 0.3) is 0 Å². The number of carbonyl (C=O) groups is 12. The summed E-state index contributed by atoms with van der Waals surface area (Å²) in [5.74, 6) is -15.6. The minimum absolute atomic E-state index is 0.164. The highest BCUT2D eigenvalue weighted by molar-refractivity contribution is 8.00. The molecular weight excluding hydrogens is 909 g/mol. The van der Waals surface area contributed by atoms with E-state index in [0.29, 0.717) is 5.56 Å². The molecule has 1 fully saturated rings. The van der Waals surface area contributed by atoms with E-state index in [9.17, 15) is 78.0 Å². The number of carboxylic acid groups (broad SMARTS) is 5. The molecule has 0 aromatic heterocycles. The highest BCUT2D eigenvalue weighted by Crippen LogP contribution is 2.40. The van der Waals surface area contributed by atoms with Crippen LogP contribution in [-0.4, -0.2) is 161 Å². The molecule has 13 N–H and O–H groups in total. The first-order chi connectivity index (χ1) is 31.1. The van der Waals surface area contributed by atoms with Crippen LogP contribution in [0.3, 0.4) is 0 Å². The Balaban J connectivity index is 2.30. The SMILES string of the molecule is CC(C)[C@H](NC(=O)[C@@H](N)CCC(=O)O)C(=O)N[C@@H](CC(=O)O)C(=O)N1CSC(C)(C)C1C(=O)N[C@@H](CC(=O)O)C(=O)N[C@@H](C)C(=O)N[C@@H](CCC(=O)O)C(=O)N[C@@H](Cc1ccccc1)C(=O)O. The summed E-state index contributed by atoms with van der Waals surface area (Å²) in [4.78, 5) is 154. The third-order valence-electron chi connectivity index (χ3n) is 10.3. The van der Waals surface area contributed by atoms with Crippen LogP contribution in [0.2, 0.25) is 0 Å². The molecule has 25 nitrogen and oxygen atoms in total. The van der Waals surface area contributed by atoms with Gasteiger partial charge in [0.15, 0.2) is 0 Å². The van der Waals surface area contributed by atoms with Gasteiger partial charge in [-0.2, -0.15) is 0 Å². The molecule has 1 unspecified atom stereocenters. The van der Waals surface area contributed by atoms with Gasteiger partial charge in [0.1, 0.15) is 42.3 Å². The molecule has 1 aliphatic heterocycles. The lowest BCUT2D eigenvalue weighted by atomic mass is 9.98. The second kappa shape index (κ2) is 25.8. The Morgan fingerprint density at radius 3 is 1.70 bits per heavy atom. The first-order valence-electron chi connectivity index (χ1n) is 20.8. The number of nitrogens with zero attached hydrogens (tertiary/aromatic N) is 1. The predicted octanol–water partition coefficient (Wildman–Crippen LogP) is -2.42. The second-order valence-electron chi connectivity index (χ2n) is 16.5. The Hall–Kier alpha value is -6.83. The summed E-state index contributed by atoms with van der Waals surface area (Å²) in [7, 11) is 0. The van der Waals surface area contributed by atoms with Crippen molar-refractivity contribution in [1.82, 2.24) is 36.8 Å². The molecule has 1 heterocycles. The Bertz CT molecular complexity index is 2040. The van der Waals surface area contributed by atoms with Crippen molar-refractivity contribution >= 4 is 83.0 Å². The fraction of sp³-hybridized carbons (Fsp3) is 0.561. The third kappa shape index (κ3) is 18.2. The molecule has 0 bridgehead atoms. The Morgan fingerprint density at radius 1 is 0.642 bits per heavy atom. The monoisotopic (exact) mass is 966 g/mol. The first kappa shape index (κ1) is 56.3. The minimum Gasteiger partial charge on any atom is -0.481 e. The first-order valence-corrected chi connectivity index (χ1v) is 21.8. The molecule has 370 valence electrons. The zero-order chi connectivity index (χ0) is 50.9. The van der Waals surface area contributed by atoms with Gasteiger partial charge in [-0.1, -0.05) is 44.2 Å². The lowest BCUT2D eigenvalue weighted by Crippen LogP contribution is -2.62. The standard InChI is InChI=1S/C41H58N8O17S/c1-19(2)31(48-34(59)22(42)11-13-27(50)51)37(62)46-25(17-30(56)57)39(64)49-18-67-41(4,5)32(49)38(63)45-24(16-29(54)55)36(61)43-20(3)33(58)44-23(12-14-28(52)53)35(60)47-26(40(65)66)15-21-9-7-6-8-10-21/h6-10,19-20,22-26,31-32H,11-18,42H2,1-5H3,(H,43,61)(H,44,58)(H,45,63)(H,46,62)(H,47,60)(H,48,59)(H,50,51)(H,52,53)(H,54,55)(H,56,57)(H,65,66)/t20-,22-,23-,24-,25-,26-,31-,32?/m0/s1. The van der Waals surface area contributed by atoms with Gasteiger partial charge in [0, 0.05) is 24.0 Å². The van der Waals surface area contributed by atoms with Crippen LogP contribution in [-0.2, 0) is 64.0 Å². The summed E-state index contributed by atoms with van der Waals surface area (Å²) in [6.07, 6.45) is -4.12. The lowest BCUT2D eigenvalue weighted by molar-refractivity contribution is -0.147. The number of nitrogens with two attached hydrogens (primary N) is 1. The normalized spacial score (nSPS) is 17.2. The van der Waals surface area contributed by atoms with E-state index in [0.717, 1.165) is 23.6 Å². The Labute approximate surface area is 388 Å². The van der Waals surface area contributed by atoms with Gasteiger partial charge in [0.05, 0.1) is 24.8 Å². The maximum absolute atomic E-state index is 14.1. The van der Waals surface area contributed by atoms with E-state index in [4.69, 9.17) is 10.8 Å². The van der Waals surface area contributed by atoms with Crippen molar-refractivity contribution in [1.29, 1.82) is 0 Å². The van der Waals surface area contributed by atoms with Crippen molar-refractivity contribution in [2.45, 2.75) is 133 Å². The summed E-state index contributed by atoms with van der Waals surface area (Å²) in [5, 5.41) is 61.0. The van der Waals surface area contributed by atoms with E-state index in [-0.39, 0.29) is 18.7 Å². The van der Waals surface area contributed by atoms with Crippen LogP contribution in [0, 0.1) is 5.92 Å². The predicted molar refractivity (Wildman–Crippen MR) is 233 cm³/mol. The molecule has 1 aromatic rings. The zero-order valence-corrected chi connectivity index (χ0v) is 38.1. The summed E-state index contributed by atoms with van der Waals surface area (Å²) in [6, 6.07) is -4.52.